The van der Waals surface area contributed by atoms with Crippen LogP contribution < -0.4 is 5.32 Å². The number of thioether (sulfide) groups is 1. The van der Waals surface area contributed by atoms with Gasteiger partial charge in [0.25, 0.3) is 16.8 Å². The lowest BCUT2D eigenvalue weighted by molar-refractivity contribution is -0.384. The van der Waals surface area contributed by atoms with E-state index in [1.54, 1.807) is 0 Å². The Hall–Kier alpha value is -2.47. The highest BCUT2D eigenvalue weighted by molar-refractivity contribution is 8.18. The zero-order chi connectivity index (χ0) is 23.1. The fourth-order valence-electron chi connectivity index (χ4n) is 3.15. The number of carbonyl (C=O) groups is 3. The molecular weight excluding hydrogens is 462 g/mol. The van der Waals surface area contributed by atoms with E-state index in [0.717, 1.165) is 36.1 Å². The summed E-state index contributed by atoms with van der Waals surface area (Å²) in [5, 5.41) is 13.2. The molecule has 0 saturated carbocycles. The summed E-state index contributed by atoms with van der Waals surface area (Å²) >= 11 is 6.52. The SMILES string of the molecule is O=C(CCOCC1CCCO1)NCCN1C(=O)S/C(=C\c2ccc(Cl)c([N+](=O)[O-])c2)C1=O. The van der Waals surface area contributed by atoms with E-state index in [-0.39, 0.29) is 53.7 Å². The first-order chi connectivity index (χ1) is 15.3. The number of nitro groups is 1. The summed E-state index contributed by atoms with van der Waals surface area (Å²) in [4.78, 5) is 48.2. The fraction of sp³-hybridized carbons (Fsp3) is 0.450. The van der Waals surface area contributed by atoms with Crippen LogP contribution >= 0.6 is 23.4 Å². The molecule has 172 valence electrons. The van der Waals surface area contributed by atoms with Gasteiger partial charge < -0.3 is 14.8 Å². The number of nitro benzene ring substituents is 1. The first kappa shape index (κ1) is 24.2. The van der Waals surface area contributed by atoms with E-state index in [9.17, 15) is 24.5 Å². The highest BCUT2D eigenvalue weighted by Gasteiger charge is 2.34. The molecular formula is C20H22ClN3O7S. The number of nitrogens with one attached hydrogen (secondary N) is 1. The van der Waals surface area contributed by atoms with Gasteiger partial charge in [0.2, 0.25) is 5.91 Å². The maximum atomic E-state index is 12.5. The Kier molecular flexibility index (Phi) is 8.62. The van der Waals surface area contributed by atoms with Crippen LogP contribution in [-0.2, 0) is 19.1 Å². The quantitative estimate of drug-likeness (QED) is 0.233. The number of carbonyl (C=O) groups excluding carboxylic acids is 3. The first-order valence-corrected chi connectivity index (χ1v) is 11.2. The van der Waals surface area contributed by atoms with E-state index in [4.69, 9.17) is 21.1 Å². The number of hydrogen-bond donors (Lipinski definition) is 1. The lowest BCUT2D eigenvalue weighted by Crippen LogP contribution is -2.37. The van der Waals surface area contributed by atoms with Crippen molar-refractivity contribution in [1.29, 1.82) is 0 Å². The van der Waals surface area contributed by atoms with Crippen LogP contribution in [-0.4, -0.2) is 65.9 Å². The Balaban J connectivity index is 1.44. The zero-order valence-corrected chi connectivity index (χ0v) is 18.7. The number of benzene rings is 1. The van der Waals surface area contributed by atoms with Crippen molar-refractivity contribution in [2.45, 2.75) is 25.4 Å². The normalized spacial score (nSPS) is 19.7. The molecule has 2 heterocycles. The predicted octanol–water partition coefficient (Wildman–Crippen LogP) is 2.99. The second kappa shape index (κ2) is 11.4. The van der Waals surface area contributed by atoms with Crippen molar-refractivity contribution in [2.24, 2.45) is 0 Å². The minimum absolute atomic E-state index is 0.0191. The van der Waals surface area contributed by atoms with Gasteiger partial charge in [0.15, 0.2) is 0 Å². The summed E-state index contributed by atoms with van der Waals surface area (Å²) in [5.41, 5.74) is 0.0880. The molecule has 0 aliphatic carbocycles. The number of hydrogen-bond acceptors (Lipinski definition) is 8. The highest BCUT2D eigenvalue weighted by Crippen LogP contribution is 2.33. The minimum atomic E-state index is -0.623. The van der Waals surface area contributed by atoms with Gasteiger partial charge in [0.1, 0.15) is 5.02 Å². The number of halogens is 1. The third-order valence-corrected chi connectivity index (χ3v) is 6.02. The molecule has 3 amide bonds. The van der Waals surface area contributed by atoms with Crippen LogP contribution in [0, 0.1) is 10.1 Å². The van der Waals surface area contributed by atoms with E-state index in [0.29, 0.717) is 12.2 Å². The first-order valence-electron chi connectivity index (χ1n) is 10.0. The Morgan fingerprint density at radius 2 is 2.25 bits per heavy atom. The lowest BCUT2D eigenvalue weighted by atomic mass is 10.2. The summed E-state index contributed by atoms with van der Waals surface area (Å²) in [6, 6.07) is 4.11. The van der Waals surface area contributed by atoms with Crippen LogP contribution in [0.15, 0.2) is 23.1 Å². The van der Waals surface area contributed by atoms with Gasteiger partial charge in [-0.1, -0.05) is 17.7 Å². The largest absolute Gasteiger partial charge is 0.378 e. The Labute approximate surface area is 193 Å². The molecule has 0 spiro atoms. The maximum absolute atomic E-state index is 12.5. The van der Waals surface area contributed by atoms with Crippen molar-refractivity contribution in [3.63, 3.8) is 0 Å². The van der Waals surface area contributed by atoms with Gasteiger partial charge in [0.05, 0.1) is 29.1 Å². The van der Waals surface area contributed by atoms with Crippen LogP contribution in [0.4, 0.5) is 10.5 Å². The molecule has 2 saturated heterocycles. The number of ether oxygens (including phenoxy) is 2. The number of amides is 3. The van der Waals surface area contributed by atoms with Crippen LogP contribution in [0.2, 0.25) is 5.02 Å². The predicted molar refractivity (Wildman–Crippen MR) is 118 cm³/mol. The van der Waals surface area contributed by atoms with E-state index >= 15 is 0 Å². The molecule has 32 heavy (non-hydrogen) atoms. The highest BCUT2D eigenvalue weighted by atomic mass is 35.5. The molecule has 1 unspecified atom stereocenters. The lowest BCUT2D eigenvalue weighted by Gasteiger charge is -2.13. The summed E-state index contributed by atoms with van der Waals surface area (Å²) in [6.45, 7) is 1.61. The molecule has 0 bridgehead atoms. The van der Waals surface area contributed by atoms with E-state index in [1.165, 1.54) is 24.3 Å². The van der Waals surface area contributed by atoms with Crippen LogP contribution in [0.3, 0.4) is 0 Å². The summed E-state index contributed by atoms with van der Waals surface area (Å²) in [5.74, 6) is -0.764. The molecule has 1 aromatic carbocycles. The number of nitrogens with zero attached hydrogens (tertiary/aromatic N) is 2. The third-order valence-electron chi connectivity index (χ3n) is 4.80. The molecule has 0 aromatic heterocycles. The van der Waals surface area contributed by atoms with Gasteiger partial charge in [-0.2, -0.15) is 0 Å². The molecule has 3 rings (SSSR count). The topological polar surface area (TPSA) is 128 Å². The summed E-state index contributed by atoms with van der Waals surface area (Å²) < 4.78 is 10.9. The maximum Gasteiger partial charge on any atom is 0.293 e. The van der Waals surface area contributed by atoms with Crippen LogP contribution in [0.5, 0.6) is 0 Å². The molecule has 10 nitrogen and oxygen atoms in total. The third kappa shape index (κ3) is 6.52. The van der Waals surface area contributed by atoms with Gasteiger partial charge in [-0.25, -0.2) is 0 Å². The van der Waals surface area contributed by atoms with Gasteiger partial charge in [-0.3, -0.25) is 29.4 Å². The van der Waals surface area contributed by atoms with E-state index < -0.39 is 16.1 Å². The molecule has 1 aromatic rings. The molecule has 2 fully saturated rings. The summed E-state index contributed by atoms with van der Waals surface area (Å²) in [6.07, 6.45) is 3.66. The average Bonchev–Trinajstić information content (AvgIpc) is 3.36. The minimum Gasteiger partial charge on any atom is -0.378 e. The Morgan fingerprint density at radius 1 is 1.44 bits per heavy atom. The molecule has 1 N–H and O–H groups in total. The second-order valence-electron chi connectivity index (χ2n) is 7.11. The van der Waals surface area contributed by atoms with Crippen molar-refractivity contribution in [3.05, 3.63) is 43.8 Å². The average molecular weight is 484 g/mol. The van der Waals surface area contributed by atoms with Gasteiger partial charge in [-0.15, -0.1) is 0 Å². The molecule has 1 atom stereocenters. The van der Waals surface area contributed by atoms with Crippen molar-refractivity contribution in [1.82, 2.24) is 10.2 Å². The van der Waals surface area contributed by atoms with E-state index in [2.05, 4.69) is 5.32 Å². The van der Waals surface area contributed by atoms with Crippen molar-refractivity contribution < 1.29 is 28.8 Å². The number of rotatable bonds is 10. The summed E-state index contributed by atoms with van der Waals surface area (Å²) in [7, 11) is 0. The molecule has 12 heteroatoms. The van der Waals surface area contributed by atoms with Crippen LogP contribution in [0.1, 0.15) is 24.8 Å². The fourth-order valence-corrected chi connectivity index (χ4v) is 4.21. The molecule has 0 radical (unpaired) electrons. The standard InChI is InChI=1S/C20H22ClN3O7S/c21-15-4-3-13(10-16(15)24(28)29)11-17-19(26)23(20(27)32-17)7-6-22-18(25)5-9-30-12-14-2-1-8-31-14/h3-4,10-11,14H,1-2,5-9,12H2,(H,22,25)/b17-11-. The Bertz CT molecular complexity index is 934. The monoisotopic (exact) mass is 483 g/mol. The second-order valence-corrected chi connectivity index (χ2v) is 8.51. The van der Waals surface area contributed by atoms with Gasteiger partial charge >= 0.3 is 0 Å². The Morgan fingerprint density at radius 3 is 2.97 bits per heavy atom. The molecule has 2 aliphatic rings. The molecule has 2 aliphatic heterocycles. The zero-order valence-electron chi connectivity index (χ0n) is 17.1. The van der Waals surface area contributed by atoms with Gasteiger partial charge in [0, 0.05) is 32.2 Å². The van der Waals surface area contributed by atoms with E-state index in [1.807, 2.05) is 0 Å². The van der Waals surface area contributed by atoms with Crippen LogP contribution in [0.25, 0.3) is 6.08 Å². The smallest absolute Gasteiger partial charge is 0.293 e. The van der Waals surface area contributed by atoms with Crippen molar-refractivity contribution in [3.8, 4) is 0 Å². The van der Waals surface area contributed by atoms with Crippen molar-refractivity contribution >= 4 is 52.2 Å². The number of imide groups is 1. The van der Waals surface area contributed by atoms with Gasteiger partial charge in [-0.05, 0) is 42.3 Å². The van der Waals surface area contributed by atoms with Crippen molar-refractivity contribution in [2.75, 3.05) is 32.9 Å².